The highest BCUT2D eigenvalue weighted by atomic mass is 79.9. The van der Waals surface area contributed by atoms with Crippen LogP contribution in [0.4, 0.5) is 5.69 Å². The Morgan fingerprint density at radius 2 is 2.03 bits per heavy atom. The lowest BCUT2D eigenvalue weighted by Gasteiger charge is -2.25. The summed E-state index contributed by atoms with van der Waals surface area (Å²) in [6, 6.07) is 9.14. The summed E-state index contributed by atoms with van der Waals surface area (Å²) in [4.78, 5) is 25.1. The number of ether oxygens (including phenoxy) is 2. The molecule has 0 saturated carbocycles. The van der Waals surface area contributed by atoms with Crippen molar-refractivity contribution < 1.29 is 19.2 Å². The summed E-state index contributed by atoms with van der Waals surface area (Å²) in [5.41, 5.74) is 0.452. The van der Waals surface area contributed by atoms with E-state index in [4.69, 9.17) is 9.47 Å². The molecule has 1 spiro atoms. The van der Waals surface area contributed by atoms with Gasteiger partial charge in [-0.25, -0.2) is 0 Å². The standard InChI is InChI=1S/C21H22BrN3O5/c1-4-30-16-10-12(9-14(22)18(16)29-3)17-11(2)24-21(19(17)25(27)28)13-7-5-6-8-15(13)23-20(21)26/h5-11,17,19,24H,4H2,1-3H3,(H,23,26)/t11-,17-,19-,21-/m0/s1. The molecule has 1 amide bonds. The molecule has 2 aromatic carbocycles. The Balaban J connectivity index is 1.88. The topological polar surface area (TPSA) is 103 Å². The lowest BCUT2D eigenvalue weighted by Crippen LogP contribution is -2.54. The van der Waals surface area contributed by atoms with E-state index in [1.54, 1.807) is 36.4 Å². The van der Waals surface area contributed by atoms with Gasteiger partial charge < -0.3 is 14.8 Å². The number of nitro groups is 1. The zero-order valence-corrected chi connectivity index (χ0v) is 18.4. The van der Waals surface area contributed by atoms with Crippen LogP contribution in [0.3, 0.4) is 0 Å². The van der Waals surface area contributed by atoms with Gasteiger partial charge in [-0.15, -0.1) is 0 Å². The van der Waals surface area contributed by atoms with Gasteiger partial charge in [0.05, 0.1) is 24.1 Å². The van der Waals surface area contributed by atoms with Crippen molar-refractivity contribution in [3.05, 3.63) is 62.1 Å². The second kappa shape index (κ2) is 7.55. The predicted octanol–water partition coefficient (Wildman–Crippen LogP) is 3.42. The first kappa shape index (κ1) is 20.6. The molecule has 2 heterocycles. The fraction of sp³-hybridized carbons (Fsp3) is 0.381. The Kier molecular flexibility index (Phi) is 5.19. The number of carbonyl (C=O) groups is 1. The van der Waals surface area contributed by atoms with E-state index < -0.39 is 23.4 Å². The van der Waals surface area contributed by atoms with Gasteiger partial charge in [0.25, 0.3) is 11.9 Å². The second-order valence-corrected chi connectivity index (χ2v) is 8.32. The molecule has 30 heavy (non-hydrogen) atoms. The van der Waals surface area contributed by atoms with Crippen LogP contribution in [-0.4, -0.2) is 36.6 Å². The van der Waals surface area contributed by atoms with Crippen LogP contribution in [0.5, 0.6) is 11.5 Å². The summed E-state index contributed by atoms with van der Waals surface area (Å²) < 4.78 is 11.8. The van der Waals surface area contributed by atoms with Crippen LogP contribution in [0.2, 0.25) is 0 Å². The Morgan fingerprint density at radius 1 is 1.30 bits per heavy atom. The van der Waals surface area contributed by atoms with Crippen LogP contribution in [0.1, 0.15) is 30.9 Å². The van der Waals surface area contributed by atoms with Crippen molar-refractivity contribution in [3.8, 4) is 11.5 Å². The van der Waals surface area contributed by atoms with Gasteiger partial charge in [-0.05, 0) is 53.5 Å². The number of anilines is 1. The van der Waals surface area contributed by atoms with E-state index in [1.807, 2.05) is 13.8 Å². The van der Waals surface area contributed by atoms with Crippen LogP contribution in [0.25, 0.3) is 0 Å². The van der Waals surface area contributed by atoms with Gasteiger partial charge in [-0.3, -0.25) is 20.2 Å². The smallest absolute Gasteiger partial charge is 0.256 e. The number of nitrogens with one attached hydrogen (secondary N) is 2. The van der Waals surface area contributed by atoms with Gasteiger partial charge in [0.15, 0.2) is 17.0 Å². The number of amides is 1. The van der Waals surface area contributed by atoms with E-state index in [2.05, 4.69) is 26.6 Å². The normalized spacial score (nSPS) is 27.1. The van der Waals surface area contributed by atoms with Gasteiger partial charge in [0.1, 0.15) is 0 Å². The molecule has 8 nitrogen and oxygen atoms in total. The third kappa shape index (κ3) is 2.87. The van der Waals surface area contributed by atoms with Crippen molar-refractivity contribution in [1.82, 2.24) is 5.32 Å². The first-order valence-electron chi connectivity index (χ1n) is 9.67. The minimum absolute atomic E-state index is 0.341. The Hall–Kier alpha value is -2.65. The number of halogens is 1. The summed E-state index contributed by atoms with van der Waals surface area (Å²) in [7, 11) is 1.54. The third-order valence-corrected chi connectivity index (χ3v) is 6.47. The number of methoxy groups -OCH3 is 1. The summed E-state index contributed by atoms with van der Waals surface area (Å²) in [5, 5.41) is 18.5. The number of rotatable bonds is 5. The molecule has 158 valence electrons. The second-order valence-electron chi connectivity index (χ2n) is 7.46. The summed E-state index contributed by atoms with van der Waals surface area (Å²) in [6.07, 6.45) is 0. The predicted molar refractivity (Wildman–Crippen MR) is 115 cm³/mol. The zero-order valence-electron chi connectivity index (χ0n) is 16.8. The molecule has 4 atom stereocenters. The number of fused-ring (bicyclic) bond motifs is 2. The monoisotopic (exact) mass is 475 g/mol. The molecule has 1 fully saturated rings. The molecule has 0 aliphatic carbocycles. The lowest BCUT2D eigenvalue weighted by atomic mass is 9.78. The molecule has 0 bridgehead atoms. The minimum atomic E-state index is -1.44. The average Bonchev–Trinajstić information content (AvgIpc) is 3.16. The van der Waals surface area contributed by atoms with Crippen molar-refractivity contribution >= 4 is 27.5 Å². The fourth-order valence-electron chi connectivity index (χ4n) is 4.79. The molecule has 2 aromatic rings. The summed E-state index contributed by atoms with van der Waals surface area (Å²) in [6.45, 7) is 4.14. The van der Waals surface area contributed by atoms with E-state index >= 15 is 0 Å². The van der Waals surface area contributed by atoms with Crippen molar-refractivity contribution in [3.63, 3.8) is 0 Å². The van der Waals surface area contributed by atoms with Crippen LogP contribution in [-0.2, 0) is 10.3 Å². The number of para-hydroxylation sites is 1. The molecule has 9 heteroatoms. The maximum absolute atomic E-state index is 13.1. The van der Waals surface area contributed by atoms with Gasteiger partial charge in [0, 0.05) is 22.2 Å². The van der Waals surface area contributed by atoms with Gasteiger partial charge in [-0.2, -0.15) is 0 Å². The van der Waals surface area contributed by atoms with E-state index in [9.17, 15) is 14.9 Å². The number of hydrogen-bond acceptors (Lipinski definition) is 6. The number of carbonyl (C=O) groups excluding carboxylic acids is 1. The van der Waals surface area contributed by atoms with Crippen LogP contribution < -0.4 is 20.1 Å². The third-order valence-electron chi connectivity index (χ3n) is 5.88. The highest BCUT2D eigenvalue weighted by Crippen LogP contribution is 2.51. The molecule has 2 aliphatic rings. The molecule has 0 unspecified atom stereocenters. The average molecular weight is 476 g/mol. The summed E-state index contributed by atoms with van der Waals surface area (Å²) >= 11 is 3.49. The van der Waals surface area contributed by atoms with Crippen LogP contribution >= 0.6 is 15.9 Å². The minimum Gasteiger partial charge on any atom is -0.492 e. The molecule has 0 radical (unpaired) electrons. The fourth-order valence-corrected chi connectivity index (χ4v) is 5.42. The van der Waals surface area contributed by atoms with Crippen molar-refractivity contribution in [2.75, 3.05) is 19.0 Å². The van der Waals surface area contributed by atoms with Crippen molar-refractivity contribution in [1.29, 1.82) is 0 Å². The first-order chi connectivity index (χ1) is 14.3. The number of nitrogens with zero attached hydrogens (tertiary/aromatic N) is 1. The Labute approximate surface area is 182 Å². The number of benzene rings is 2. The highest BCUT2D eigenvalue weighted by Gasteiger charge is 2.67. The molecule has 4 rings (SSSR count). The Morgan fingerprint density at radius 3 is 2.70 bits per heavy atom. The highest BCUT2D eigenvalue weighted by molar-refractivity contribution is 9.10. The van der Waals surface area contributed by atoms with E-state index in [0.29, 0.717) is 39.4 Å². The SMILES string of the molecule is CCOc1cc([C@@H]2[C@H](C)N[C@]3(C(=O)Nc4ccccc43)[C@H]2[N+](=O)[O-])cc(Br)c1OC. The van der Waals surface area contributed by atoms with Crippen molar-refractivity contribution in [2.24, 2.45) is 0 Å². The maximum atomic E-state index is 13.1. The molecule has 1 saturated heterocycles. The zero-order chi connectivity index (χ0) is 21.6. The van der Waals surface area contributed by atoms with Gasteiger partial charge >= 0.3 is 0 Å². The van der Waals surface area contributed by atoms with E-state index in [-0.39, 0.29) is 11.0 Å². The number of hydrogen-bond donors (Lipinski definition) is 2. The van der Waals surface area contributed by atoms with Gasteiger partial charge in [0.2, 0.25) is 0 Å². The van der Waals surface area contributed by atoms with E-state index in [0.717, 1.165) is 0 Å². The quantitative estimate of drug-likeness (QED) is 0.507. The molecule has 2 aliphatic heterocycles. The van der Waals surface area contributed by atoms with Crippen molar-refractivity contribution in [2.45, 2.75) is 37.4 Å². The van der Waals surface area contributed by atoms with Crippen LogP contribution in [0, 0.1) is 10.1 Å². The van der Waals surface area contributed by atoms with Gasteiger partial charge in [-0.1, -0.05) is 18.2 Å². The van der Waals surface area contributed by atoms with Crippen LogP contribution in [0.15, 0.2) is 40.9 Å². The Bertz CT molecular complexity index is 1030. The maximum Gasteiger partial charge on any atom is 0.256 e. The lowest BCUT2D eigenvalue weighted by molar-refractivity contribution is -0.532. The molecular formula is C21H22BrN3O5. The molecular weight excluding hydrogens is 454 g/mol. The summed E-state index contributed by atoms with van der Waals surface area (Å²) in [5.74, 6) is 0.0436. The largest absolute Gasteiger partial charge is 0.492 e. The van der Waals surface area contributed by atoms with E-state index in [1.165, 1.54) is 7.11 Å². The molecule has 0 aromatic heterocycles. The first-order valence-corrected chi connectivity index (χ1v) is 10.5. The molecule has 2 N–H and O–H groups in total.